The SMILES string of the molecule is CC(C)C[C@H](NC(=O)[C@H](Cc1ccccc1)CP(=O)(O)[C@@H](N)Cc1ccccc1)C(=O)O. The average molecular weight is 461 g/mol. The molecule has 0 spiro atoms. The Kier molecular flexibility index (Phi) is 9.63. The quantitative estimate of drug-likeness (QED) is 0.360. The highest BCUT2D eigenvalue weighted by atomic mass is 31.2. The molecule has 174 valence electrons. The summed E-state index contributed by atoms with van der Waals surface area (Å²) >= 11 is 0. The van der Waals surface area contributed by atoms with E-state index in [1.807, 2.05) is 74.5 Å². The Morgan fingerprint density at radius 2 is 1.47 bits per heavy atom. The number of nitrogens with two attached hydrogens (primary N) is 1. The van der Waals surface area contributed by atoms with E-state index in [9.17, 15) is 24.2 Å². The van der Waals surface area contributed by atoms with Crippen LogP contribution in [0.2, 0.25) is 0 Å². The molecular weight excluding hydrogens is 427 g/mol. The van der Waals surface area contributed by atoms with Gasteiger partial charge in [0.15, 0.2) is 0 Å². The van der Waals surface area contributed by atoms with Crippen LogP contribution in [0.5, 0.6) is 0 Å². The van der Waals surface area contributed by atoms with Crippen molar-refractivity contribution in [3.8, 4) is 0 Å². The topological polar surface area (TPSA) is 130 Å². The number of hydrogen-bond donors (Lipinski definition) is 4. The molecule has 7 nitrogen and oxygen atoms in total. The molecule has 2 aromatic carbocycles. The van der Waals surface area contributed by atoms with Crippen molar-refractivity contribution in [1.29, 1.82) is 0 Å². The van der Waals surface area contributed by atoms with Crippen molar-refractivity contribution in [3.63, 3.8) is 0 Å². The van der Waals surface area contributed by atoms with Crippen molar-refractivity contribution >= 4 is 19.2 Å². The average Bonchev–Trinajstić information content (AvgIpc) is 2.73. The molecule has 0 saturated carbocycles. The number of aliphatic carboxylic acids is 1. The van der Waals surface area contributed by atoms with E-state index in [0.29, 0.717) is 0 Å². The van der Waals surface area contributed by atoms with Crippen molar-refractivity contribution < 1.29 is 24.2 Å². The second-order valence-corrected chi connectivity index (χ2v) is 11.2. The van der Waals surface area contributed by atoms with E-state index in [4.69, 9.17) is 5.73 Å². The van der Waals surface area contributed by atoms with Crippen LogP contribution in [0.3, 0.4) is 0 Å². The third kappa shape index (κ3) is 8.23. The van der Waals surface area contributed by atoms with Crippen molar-refractivity contribution in [2.24, 2.45) is 17.6 Å². The molecule has 0 saturated heterocycles. The largest absolute Gasteiger partial charge is 0.480 e. The van der Waals surface area contributed by atoms with Crippen LogP contribution in [0.1, 0.15) is 31.4 Å². The minimum atomic E-state index is -3.92. The van der Waals surface area contributed by atoms with Crippen LogP contribution < -0.4 is 11.1 Å². The highest BCUT2D eigenvalue weighted by molar-refractivity contribution is 7.58. The Hall–Kier alpha value is -2.47. The van der Waals surface area contributed by atoms with Crippen LogP contribution in [0.4, 0.5) is 0 Å². The summed E-state index contributed by atoms with van der Waals surface area (Å²) in [5.74, 6) is -3.53. The van der Waals surface area contributed by atoms with Gasteiger partial charge in [-0.2, -0.15) is 0 Å². The van der Waals surface area contributed by atoms with Crippen molar-refractivity contribution in [2.75, 3.05) is 6.16 Å². The van der Waals surface area contributed by atoms with Crippen molar-refractivity contribution in [3.05, 3.63) is 71.8 Å². The molecule has 5 N–H and O–H groups in total. The number of carbonyl (C=O) groups is 2. The van der Waals surface area contributed by atoms with Gasteiger partial charge in [0.2, 0.25) is 13.3 Å². The Morgan fingerprint density at radius 1 is 0.969 bits per heavy atom. The molecule has 0 aliphatic carbocycles. The molecule has 0 fully saturated rings. The number of carboxylic acid groups (broad SMARTS) is 1. The van der Waals surface area contributed by atoms with Gasteiger partial charge in [-0.15, -0.1) is 0 Å². The summed E-state index contributed by atoms with van der Waals surface area (Å²) < 4.78 is 13.2. The normalized spacial score (nSPS) is 16.0. The minimum absolute atomic E-state index is 0.0622. The fourth-order valence-corrected chi connectivity index (χ4v) is 5.26. The van der Waals surface area contributed by atoms with Gasteiger partial charge < -0.3 is 21.1 Å². The van der Waals surface area contributed by atoms with E-state index in [0.717, 1.165) is 11.1 Å². The standard InChI is InChI=1S/C24H33N2O5P/c1-17(2)13-21(24(28)29)26-23(27)20(14-18-9-5-3-6-10-18)16-32(30,31)22(25)15-19-11-7-4-8-12-19/h3-12,17,20-22H,13-16,25H2,1-2H3,(H,26,27)(H,28,29)(H,30,31)/t20-,21+,22-/m1/s1. The predicted octanol–water partition coefficient (Wildman–Crippen LogP) is 3.26. The molecule has 8 heteroatoms. The molecule has 0 radical (unpaired) electrons. The molecular formula is C24H33N2O5P. The molecule has 0 aromatic heterocycles. The van der Waals surface area contributed by atoms with Gasteiger partial charge in [0.05, 0.1) is 11.7 Å². The van der Waals surface area contributed by atoms with Gasteiger partial charge in [0.1, 0.15) is 6.04 Å². The molecule has 0 aliphatic rings. The van der Waals surface area contributed by atoms with Gasteiger partial charge in [0, 0.05) is 6.16 Å². The summed E-state index contributed by atoms with van der Waals surface area (Å²) in [4.78, 5) is 35.4. The highest BCUT2D eigenvalue weighted by Gasteiger charge is 2.35. The van der Waals surface area contributed by atoms with Crippen LogP contribution in [0.25, 0.3) is 0 Å². The van der Waals surface area contributed by atoms with E-state index in [1.54, 1.807) is 0 Å². The maximum Gasteiger partial charge on any atom is 0.326 e. The van der Waals surface area contributed by atoms with Crippen LogP contribution in [0, 0.1) is 11.8 Å². The smallest absolute Gasteiger partial charge is 0.326 e. The Bertz CT molecular complexity index is 921. The van der Waals surface area contributed by atoms with Gasteiger partial charge in [-0.05, 0) is 36.3 Å². The van der Waals surface area contributed by atoms with Crippen LogP contribution in [-0.2, 0) is 27.0 Å². The molecule has 2 rings (SSSR count). The lowest BCUT2D eigenvalue weighted by Gasteiger charge is -2.26. The lowest BCUT2D eigenvalue weighted by molar-refractivity contribution is -0.142. The van der Waals surface area contributed by atoms with E-state index < -0.39 is 37.0 Å². The van der Waals surface area contributed by atoms with E-state index in [-0.39, 0.29) is 31.3 Å². The zero-order valence-electron chi connectivity index (χ0n) is 18.6. The molecule has 2 aromatic rings. The van der Waals surface area contributed by atoms with Gasteiger partial charge >= 0.3 is 5.97 Å². The number of benzene rings is 2. The molecule has 0 bridgehead atoms. The summed E-state index contributed by atoms with van der Waals surface area (Å²) in [6.07, 6.45) is 0.363. The number of amides is 1. The second-order valence-electron chi connectivity index (χ2n) is 8.61. The fraction of sp³-hybridized carbons (Fsp3) is 0.417. The highest BCUT2D eigenvalue weighted by Crippen LogP contribution is 2.47. The van der Waals surface area contributed by atoms with Gasteiger partial charge in [0.25, 0.3) is 0 Å². The first-order valence-corrected chi connectivity index (χ1v) is 12.7. The van der Waals surface area contributed by atoms with Crippen LogP contribution in [-0.4, -0.2) is 39.9 Å². The second kappa shape index (κ2) is 12.0. The number of carbonyl (C=O) groups excluding carboxylic acids is 1. The first-order valence-electron chi connectivity index (χ1n) is 10.8. The molecule has 0 aliphatic heterocycles. The van der Waals surface area contributed by atoms with Gasteiger partial charge in [-0.1, -0.05) is 74.5 Å². The molecule has 1 unspecified atom stereocenters. The number of carboxylic acids is 1. The Labute approximate surface area is 189 Å². The Balaban J connectivity index is 2.20. The summed E-state index contributed by atoms with van der Waals surface area (Å²) in [7, 11) is -3.92. The van der Waals surface area contributed by atoms with Gasteiger partial charge in [-0.25, -0.2) is 4.79 Å². The lowest BCUT2D eigenvalue weighted by Crippen LogP contribution is -2.46. The van der Waals surface area contributed by atoms with Crippen molar-refractivity contribution in [2.45, 2.75) is 44.9 Å². The van der Waals surface area contributed by atoms with E-state index >= 15 is 0 Å². The van der Waals surface area contributed by atoms with Gasteiger partial charge in [-0.3, -0.25) is 9.36 Å². The van der Waals surface area contributed by atoms with E-state index in [2.05, 4.69) is 5.32 Å². The van der Waals surface area contributed by atoms with Crippen molar-refractivity contribution in [1.82, 2.24) is 5.32 Å². The summed E-state index contributed by atoms with van der Waals surface area (Å²) in [5, 5.41) is 12.1. The minimum Gasteiger partial charge on any atom is -0.480 e. The molecule has 1 amide bonds. The summed E-state index contributed by atoms with van der Waals surface area (Å²) in [6.45, 7) is 3.74. The van der Waals surface area contributed by atoms with Crippen LogP contribution in [0.15, 0.2) is 60.7 Å². The summed E-state index contributed by atoms with van der Waals surface area (Å²) in [5.41, 5.74) is 7.76. The Morgan fingerprint density at radius 3 is 1.94 bits per heavy atom. The zero-order valence-corrected chi connectivity index (χ0v) is 19.4. The lowest BCUT2D eigenvalue weighted by atomic mass is 9.98. The third-order valence-corrected chi connectivity index (χ3v) is 7.49. The number of rotatable bonds is 12. The zero-order chi connectivity index (χ0) is 23.7. The third-order valence-electron chi connectivity index (χ3n) is 5.31. The molecule has 4 atom stereocenters. The summed E-state index contributed by atoms with van der Waals surface area (Å²) in [6, 6.07) is 17.3. The predicted molar refractivity (Wildman–Crippen MR) is 125 cm³/mol. The fourth-order valence-electron chi connectivity index (χ4n) is 3.57. The van der Waals surface area contributed by atoms with E-state index in [1.165, 1.54) is 0 Å². The number of nitrogens with one attached hydrogen (secondary N) is 1. The van der Waals surface area contributed by atoms with Crippen LogP contribution >= 0.6 is 7.37 Å². The maximum atomic E-state index is 13.2. The molecule has 0 heterocycles. The first kappa shape index (κ1) is 25.8. The maximum absolute atomic E-state index is 13.2. The monoisotopic (exact) mass is 460 g/mol. The number of hydrogen-bond acceptors (Lipinski definition) is 4. The first-order chi connectivity index (χ1) is 15.1. The molecule has 32 heavy (non-hydrogen) atoms.